The predicted molar refractivity (Wildman–Crippen MR) is 85.4 cm³/mol. The summed E-state index contributed by atoms with van der Waals surface area (Å²) in [5.41, 5.74) is -0.618. The maximum absolute atomic E-state index is 12.7. The van der Waals surface area contributed by atoms with Crippen molar-refractivity contribution in [2.75, 3.05) is 20.7 Å². The van der Waals surface area contributed by atoms with Gasteiger partial charge < -0.3 is 15.0 Å². The minimum atomic E-state index is -0.618. The highest BCUT2D eigenvalue weighted by Gasteiger charge is 2.43. The number of carbonyl (C=O) groups is 2. The molecule has 0 radical (unpaired) electrons. The van der Waals surface area contributed by atoms with Crippen molar-refractivity contribution in [2.24, 2.45) is 5.92 Å². The van der Waals surface area contributed by atoms with Crippen LogP contribution in [-0.2, 0) is 14.3 Å². The highest BCUT2D eigenvalue weighted by Crippen LogP contribution is 2.34. The summed E-state index contributed by atoms with van der Waals surface area (Å²) in [5, 5.41) is 3.18. The molecule has 0 saturated heterocycles. The van der Waals surface area contributed by atoms with Crippen LogP contribution in [0, 0.1) is 5.92 Å². The summed E-state index contributed by atoms with van der Waals surface area (Å²) in [5.74, 6) is 0.259. The van der Waals surface area contributed by atoms with Gasteiger partial charge in [-0.1, -0.05) is 6.42 Å². The van der Waals surface area contributed by atoms with E-state index < -0.39 is 5.60 Å². The molecule has 2 aliphatic carbocycles. The van der Waals surface area contributed by atoms with Gasteiger partial charge >= 0.3 is 0 Å². The van der Waals surface area contributed by atoms with Crippen LogP contribution in [0.3, 0.4) is 0 Å². The Balaban J connectivity index is 1.94. The van der Waals surface area contributed by atoms with Gasteiger partial charge in [0.25, 0.3) is 5.91 Å². The quantitative estimate of drug-likeness (QED) is 0.846. The van der Waals surface area contributed by atoms with E-state index in [1.54, 1.807) is 19.0 Å². The molecule has 126 valence electrons. The smallest absolute Gasteiger partial charge is 0.252 e. The number of carbonyl (C=O) groups excluding carboxylic acids is 2. The summed E-state index contributed by atoms with van der Waals surface area (Å²) in [6.07, 6.45) is 7.39. The number of rotatable bonds is 5. The Morgan fingerprint density at radius 3 is 2.45 bits per heavy atom. The molecule has 0 spiro atoms. The minimum Gasteiger partial charge on any atom is -0.365 e. The molecule has 0 unspecified atom stereocenters. The summed E-state index contributed by atoms with van der Waals surface area (Å²) in [7, 11) is 3.60. The molecule has 2 fully saturated rings. The van der Waals surface area contributed by atoms with Gasteiger partial charge in [0.2, 0.25) is 5.91 Å². The number of hydrogen-bond acceptors (Lipinski definition) is 3. The summed E-state index contributed by atoms with van der Waals surface area (Å²) >= 11 is 0. The van der Waals surface area contributed by atoms with E-state index in [9.17, 15) is 9.59 Å². The lowest BCUT2D eigenvalue weighted by Gasteiger charge is -2.34. The summed E-state index contributed by atoms with van der Waals surface area (Å²) in [6, 6.07) is 0.105. The minimum absolute atomic E-state index is 0.0369. The zero-order chi connectivity index (χ0) is 16.2. The fourth-order valence-corrected chi connectivity index (χ4v) is 3.89. The van der Waals surface area contributed by atoms with Crippen LogP contribution in [0.15, 0.2) is 0 Å². The van der Waals surface area contributed by atoms with Crippen LogP contribution in [-0.4, -0.2) is 49.1 Å². The Morgan fingerprint density at radius 1 is 1.18 bits per heavy atom. The lowest BCUT2D eigenvalue weighted by molar-refractivity contribution is -0.147. The van der Waals surface area contributed by atoms with Crippen molar-refractivity contribution in [1.82, 2.24) is 10.2 Å². The van der Waals surface area contributed by atoms with Crippen molar-refractivity contribution in [3.63, 3.8) is 0 Å². The lowest BCUT2D eigenvalue weighted by Crippen LogP contribution is -2.52. The van der Waals surface area contributed by atoms with Crippen molar-refractivity contribution >= 4 is 11.8 Å². The average molecular weight is 310 g/mol. The second-order valence-electron chi connectivity index (χ2n) is 6.90. The summed E-state index contributed by atoms with van der Waals surface area (Å²) < 4.78 is 5.82. The number of hydrogen-bond donors (Lipinski definition) is 1. The highest BCUT2D eigenvalue weighted by atomic mass is 16.5. The first-order valence-electron chi connectivity index (χ1n) is 8.64. The standard InChI is InChI=1S/C17H30N2O3/c1-4-22-17(10-5-6-11-17)16(21)18-14-9-7-8-13(12-14)15(20)19(2)3/h13-14H,4-12H2,1-3H3,(H,18,21)/t13-,14-/m0/s1. The zero-order valence-electron chi connectivity index (χ0n) is 14.2. The number of ether oxygens (including phenoxy) is 1. The van der Waals surface area contributed by atoms with Gasteiger partial charge in [0.1, 0.15) is 5.60 Å². The topological polar surface area (TPSA) is 58.6 Å². The molecule has 0 bridgehead atoms. The maximum Gasteiger partial charge on any atom is 0.252 e. The zero-order valence-corrected chi connectivity index (χ0v) is 14.2. The average Bonchev–Trinajstić information content (AvgIpc) is 2.97. The Bertz CT molecular complexity index is 403. The third kappa shape index (κ3) is 3.80. The van der Waals surface area contributed by atoms with E-state index in [0.29, 0.717) is 6.61 Å². The molecule has 0 aliphatic heterocycles. The van der Waals surface area contributed by atoms with Crippen LogP contribution < -0.4 is 5.32 Å². The fourth-order valence-electron chi connectivity index (χ4n) is 3.89. The van der Waals surface area contributed by atoms with E-state index in [4.69, 9.17) is 4.74 Å². The number of nitrogens with zero attached hydrogens (tertiary/aromatic N) is 1. The van der Waals surface area contributed by atoms with Gasteiger partial charge in [-0.2, -0.15) is 0 Å². The largest absolute Gasteiger partial charge is 0.365 e. The Morgan fingerprint density at radius 2 is 1.86 bits per heavy atom. The first-order valence-corrected chi connectivity index (χ1v) is 8.64. The van der Waals surface area contributed by atoms with Crippen LogP contribution in [0.2, 0.25) is 0 Å². The molecule has 22 heavy (non-hydrogen) atoms. The van der Waals surface area contributed by atoms with Gasteiger partial charge in [-0.15, -0.1) is 0 Å². The molecular formula is C17H30N2O3. The molecule has 5 nitrogen and oxygen atoms in total. The van der Waals surface area contributed by atoms with Gasteiger partial charge in [-0.3, -0.25) is 9.59 Å². The summed E-state index contributed by atoms with van der Waals surface area (Å²) in [6.45, 7) is 2.51. The molecule has 1 N–H and O–H groups in total. The first kappa shape index (κ1) is 17.3. The molecule has 0 aromatic carbocycles. The van der Waals surface area contributed by atoms with E-state index in [0.717, 1.165) is 51.4 Å². The molecule has 2 atom stereocenters. The lowest BCUT2D eigenvalue weighted by atomic mass is 9.84. The SMILES string of the molecule is CCOC1(C(=O)N[C@H]2CCC[C@H](C(=O)N(C)C)C2)CCCC1. The molecule has 0 heterocycles. The van der Waals surface area contributed by atoms with Crippen LogP contribution in [0.1, 0.15) is 58.3 Å². The Labute approximate surface area is 133 Å². The summed E-state index contributed by atoms with van der Waals surface area (Å²) in [4.78, 5) is 26.5. The van der Waals surface area contributed by atoms with Crippen LogP contribution in [0.4, 0.5) is 0 Å². The van der Waals surface area contributed by atoms with E-state index in [1.165, 1.54) is 0 Å². The van der Waals surface area contributed by atoms with Gasteiger partial charge in [0.05, 0.1) is 0 Å². The van der Waals surface area contributed by atoms with E-state index in [-0.39, 0.29) is 23.8 Å². The fraction of sp³-hybridized carbons (Fsp3) is 0.882. The molecule has 0 aromatic heterocycles. The molecule has 0 aromatic rings. The highest BCUT2D eigenvalue weighted by molar-refractivity contribution is 5.86. The van der Waals surface area contributed by atoms with Crippen molar-refractivity contribution < 1.29 is 14.3 Å². The maximum atomic E-state index is 12.7. The molecular weight excluding hydrogens is 280 g/mol. The van der Waals surface area contributed by atoms with Crippen molar-refractivity contribution in [1.29, 1.82) is 0 Å². The van der Waals surface area contributed by atoms with E-state index >= 15 is 0 Å². The van der Waals surface area contributed by atoms with Gasteiger partial charge in [0.15, 0.2) is 0 Å². The third-order valence-corrected chi connectivity index (χ3v) is 5.05. The monoisotopic (exact) mass is 310 g/mol. The van der Waals surface area contributed by atoms with E-state index in [2.05, 4.69) is 5.32 Å². The molecule has 2 rings (SSSR count). The molecule has 2 amide bonds. The molecule has 5 heteroatoms. The normalized spacial score (nSPS) is 27.4. The van der Waals surface area contributed by atoms with Gasteiger partial charge in [0, 0.05) is 32.7 Å². The van der Waals surface area contributed by atoms with Crippen LogP contribution >= 0.6 is 0 Å². The second kappa shape index (κ2) is 7.44. The van der Waals surface area contributed by atoms with Crippen LogP contribution in [0.5, 0.6) is 0 Å². The van der Waals surface area contributed by atoms with Crippen LogP contribution in [0.25, 0.3) is 0 Å². The predicted octanol–water partition coefficient (Wildman–Crippen LogP) is 2.10. The van der Waals surface area contributed by atoms with Gasteiger partial charge in [-0.25, -0.2) is 0 Å². The Hall–Kier alpha value is -1.10. The Kier molecular flexibility index (Phi) is 5.84. The van der Waals surface area contributed by atoms with Crippen molar-refractivity contribution in [2.45, 2.75) is 69.9 Å². The van der Waals surface area contributed by atoms with Gasteiger partial charge in [-0.05, 0) is 51.9 Å². The molecule has 2 aliphatic rings. The number of amides is 2. The van der Waals surface area contributed by atoms with E-state index in [1.807, 2.05) is 6.92 Å². The number of nitrogens with one attached hydrogen (secondary N) is 1. The second-order valence-corrected chi connectivity index (χ2v) is 6.90. The van der Waals surface area contributed by atoms with Crippen molar-refractivity contribution in [3.05, 3.63) is 0 Å². The third-order valence-electron chi connectivity index (χ3n) is 5.05. The molecule has 2 saturated carbocycles. The van der Waals surface area contributed by atoms with Crippen molar-refractivity contribution in [3.8, 4) is 0 Å². The first-order chi connectivity index (χ1) is 10.5.